The number of rotatable bonds is 2. The number of hydrogen-bond acceptors (Lipinski definition) is 1. The third-order valence-corrected chi connectivity index (χ3v) is 1.74. The van der Waals surface area contributed by atoms with Crippen molar-refractivity contribution >= 4 is 12.4 Å². The first-order chi connectivity index (χ1) is 3.77. The van der Waals surface area contributed by atoms with Crippen molar-refractivity contribution in [2.45, 2.75) is 24.9 Å². The van der Waals surface area contributed by atoms with E-state index in [2.05, 4.69) is 5.32 Å². The van der Waals surface area contributed by atoms with Crippen molar-refractivity contribution in [2.24, 2.45) is 0 Å². The van der Waals surface area contributed by atoms with Crippen LogP contribution in [0.25, 0.3) is 0 Å². The molecule has 1 fully saturated rings. The Balaban J connectivity index is 0.000000640. The Hall–Kier alpha value is 0.180. The number of nitrogens with one attached hydrogen (secondary N) is 1. The summed E-state index contributed by atoms with van der Waals surface area (Å²) >= 11 is 0. The summed E-state index contributed by atoms with van der Waals surface area (Å²) in [5.41, 5.74) is -0.839. The standard InChI is InChI=1S/C6H12FN.ClH/c1-8-5-6(7)3-2-4-6;/h8H,2-5H2,1H3;1H. The molecule has 1 nitrogen and oxygen atoms in total. The summed E-state index contributed by atoms with van der Waals surface area (Å²) in [6, 6.07) is 0. The predicted octanol–water partition coefficient (Wildman–Crippen LogP) is 1.52. The molecule has 0 aromatic carbocycles. The van der Waals surface area contributed by atoms with Crippen LogP contribution >= 0.6 is 12.4 Å². The summed E-state index contributed by atoms with van der Waals surface area (Å²) in [5.74, 6) is 0. The van der Waals surface area contributed by atoms with Crippen molar-refractivity contribution < 1.29 is 4.39 Å². The van der Waals surface area contributed by atoms with E-state index >= 15 is 0 Å². The zero-order valence-electron chi connectivity index (χ0n) is 5.61. The van der Waals surface area contributed by atoms with Crippen LogP contribution in [-0.4, -0.2) is 19.3 Å². The summed E-state index contributed by atoms with van der Waals surface area (Å²) in [6.45, 7) is 0.535. The van der Waals surface area contributed by atoms with Gasteiger partial charge in [0.05, 0.1) is 0 Å². The average molecular weight is 154 g/mol. The minimum atomic E-state index is -0.839. The molecule has 0 atom stereocenters. The van der Waals surface area contributed by atoms with Crippen LogP contribution in [0, 0.1) is 0 Å². The molecule has 9 heavy (non-hydrogen) atoms. The van der Waals surface area contributed by atoms with E-state index in [9.17, 15) is 4.39 Å². The molecule has 0 radical (unpaired) electrons. The number of alkyl halides is 1. The fourth-order valence-corrected chi connectivity index (χ4v) is 1.05. The third kappa shape index (κ3) is 2.11. The van der Waals surface area contributed by atoms with Gasteiger partial charge in [-0.05, 0) is 26.3 Å². The van der Waals surface area contributed by atoms with E-state index < -0.39 is 5.67 Å². The normalized spacial score (nSPS) is 22.0. The lowest BCUT2D eigenvalue weighted by Crippen LogP contribution is -2.41. The third-order valence-electron chi connectivity index (χ3n) is 1.74. The lowest BCUT2D eigenvalue weighted by molar-refractivity contribution is 0.0656. The molecule has 1 aliphatic carbocycles. The van der Waals surface area contributed by atoms with E-state index in [0.29, 0.717) is 6.54 Å². The molecule has 0 amide bonds. The average Bonchev–Trinajstić information content (AvgIpc) is 1.64. The highest BCUT2D eigenvalue weighted by Gasteiger charge is 2.35. The maximum atomic E-state index is 12.8. The number of hydrogen-bond donors (Lipinski definition) is 1. The fraction of sp³-hybridized carbons (Fsp3) is 1.00. The Morgan fingerprint density at radius 1 is 1.56 bits per heavy atom. The first kappa shape index (κ1) is 9.18. The Bertz CT molecular complexity index is 83.1. The lowest BCUT2D eigenvalue weighted by Gasteiger charge is -2.33. The Labute approximate surface area is 61.4 Å². The minimum absolute atomic E-state index is 0. The molecule has 56 valence electrons. The van der Waals surface area contributed by atoms with Crippen molar-refractivity contribution in [2.75, 3.05) is 13.6 Å². The van der Waals surface area contributed by atoms with Crippen LogP contribution in [0.3, 0.4) is 0 Å². The smallest absolute Gasteiger partial charge is 0.123 e. The molecule has 0 aromatic heterocycles. The van der Waals surface area contributed by atoms with Gasteiger partial charge in [-0.15, -0.1) is 12.4 Å². The van der Waals surface area contributed by atoms with E-state index in [4.69, 9.17) is 0 Å². The molecule has 0 spiro atoms. The molecule has 0 saturated heterocycles. The van der Waals surface area contributed by atoms with Gasteiger partial charge in [0.1, 0.15) is 5.67 Å². The van der Waals surface area contributed by atoms with E-state index in [1.165, 1.54) is 0 Å². The Morgan fingerprint density at radius 2 is 2.11 bits per heavy atom. The topological polar surface area (TPSA) is 12.0 Å². The lowest BCUT2D eigenvalue weighted by atomic mass is 9.82. The van der Waals surface area contributed by atoms with Crippen molar-refractivity contribution in [1.82, 2.24) is 5.32 Å². The second-order valence-corrected chi connectivity index (χ2v) is 2.53. The van der Waals surface area contributed by atoms with E-state index in [1.54, 1.807) is 7.05 Å². The van der Waals surface area contributed by atoms with Gasteiger partial charge in [-0.1, -0.05) is 0 Å². The molecule has 1 N–H and O–H groups in total. The van der Waals surface area contributed by atoms with Crippen LogP contribution in [0.2, 0.25) is 0 Å². The number of halogens is 2. The van der Waals surface area contributed by atoms with Gasteiger partial charge in [-0.25, -0.2) is 4.39 Å². The van der Waals surface area contributed by atoms with E-state index in [-0.39, 0.29) is 12.4 Å². The van der Waals surface area contributed by atoms with Gasteiger partial charge in [0, 0.05) is 6.54 Å². The Kier molecular flexibility index (Phi) is 3.44. The van der Waals surface area contributed by atoms with E-state index in [0.717, 1.165) is 19.3 Å². The monoisotopic (exact) mass is 153 g/mol. The van der Waals surface area contributed by atoms with Gasteiger partial charge in [0.25, 0.3) is 0 Å². The molecule has 1 saturated carbocycles. The van der Waals surface area contributed by atoms with Crippen LogP contribution in [0.4, 0.5) is 4.39 Å². The maximum absolute atomic E-state index is 12.8. The van der Waals surface area contributed by atoms with Gasteiger partial charge in [0.2, 0.25) is 0 Å². The highest BCUT2D eigenvalue weighted by atomic mass is 35.5. The zero-order chi connectivity index (χ0) is 6.04. The predicted molar refractivity (Wildman–Crippen MR) is 38.9 cm³/mol. The van der Waals surface area contributed by atoms with Gasteiger partial charge < -0.3 is 5.32 Å². The van der Waals surface area contributed by atoms with Crippen molar-refractivity contribution in [3.05, 3.63) is 0 Å². The highest BCUT2D eigenvalue weighted by Crippen LogP contribution is 2.34. The van der Waals surface area contributed by atoms with Crippen LogP contribution in [0.1, 0.15) is 19.3 Å². The van der Waals surface area contributed by atoms with Gasteiger partial charge >= 0.3 is 0 Å². The van der Waals surface area contributed by atoms with Crippen LogP contribution in [0.5, 0.6) is 0 Å². The molecule has 3 heteroatoms. The van der Waals surface area contributed by atoms with Crippen LogP contribution < -0.4 is 5.32 Å². The fourth-order valence-electron chi connectivity index (χ4n) is 1.05. The molecule has 0 bridgehead atoms. The van der Waals surface area contributed by atoms with E-state index in [1.807, 2.05) is 0 Å². The molecule has 0 aromatic rings. The molecular formula is C6H13ClFN. The van der Waals surface area contributed by atoms with Crippen molar-refractivity contribution in [1.29, 1.82) is 0 Å². The molecule has 0 unspecified atom stereocenters. The Morgan fingerprint density at radius 3 is 2.22 bits per heavy atom. The quantitative estimate of drug-likeness (QED) is 0.635. The summed E-state index contributed by atoms with van der Waals surface area (Å²) in [5, 5.41) is 2.84. The largest absolute Gasteiger partial charge is 0.317 e. The first-order valence-electron chi connectivity index (χ1n) is 3.10. The highest BCUT2D eigenvalue weighted by molar-refractivity contribution is 5.85. The molecule has 0 heterocycles. The molecular weight excluding hydrogens is 141 g/mol. The summed E-state index contributed by atoms with van der Waals surface area (Å²) in [6.07, 6.45) is 2.58. The zero-order valence-corrected chi connectivity index (χ0v) is 6.43. The van der Waals surface area contributed by atoms with Gasteiger partial charge in [-0.3, -0.25) is 0 Å². The summed E-state index contributed by atoms with van der Waals surface area (Å²) in [4.78, 5) is 0. The van der Waals surface area contributed by atoms with Crippen LogP contribution in [-0.2, 0) is 0 Å². The van der Waals surface area contributed by atoms with Crippen LogP contribution in [0.15, 0.2) is 0 Å². The maximum Gasteiger partial charge on any atom is 0.123 e. The summed E-state index contributed by atoms with van der Waals surface area (Å²) in [7, 11) is 1.79. The second-order valence-electron chi connectivity index (χ2n) is 2.53. The van der Waals surface area contributed by atoms with Crippen molar-refractivity contribution in [3.63, 3.8) is 0 Å². The van der Waals surface area contributed by atoms with Gasteiger partial charge in [-0.2, -0.15) is 0 Å². The van der Waals surface area contributed by atoms with Gasteiger partial charge in [0.15, 0.2) is 0 Å². The second kappa shape index (κ2) is 3.37. The molecule has 1 rings (SSSR count). The summed E-state index contributed by atoms with van der Waals surface area (Å²) < 4.78 is 12.8. The SMILES string of the molecule is CNCC1(F)CCC1.Cl. The minimum Gasteiger partial charge on any atom is -0.317 e. The van der Waals surface area contributed by atoms with Crippen molar-refractivity contribution in [3.8, 4) is 0 Å². The first-order valence-corrected chi connectivity index (χ1v) is 3.10. The molecule has 0 aliphatic heterocycles. The molecule has 1 aliphatic rings.